The number of hydrogen-bond acceptors (Lipinski definition) is 3. The fraction of sp³-hybridized carbons (Fsp3) is 1.00. The highest BCUT2D eigenvalue weighted by Gasteiger charge is 2.52. The molecule has 0 aliphatic heterocycles. The van der Waals surface area contributed by atoms with Crippen molar-refractivity contribution in [2.24, 2.45) is 0 Å². The van der Waals surface area contributed by atoms with Gasteiger partial charge in [-0.2, -0.15) is 8.42 Å². The molecule has 0 aromatic rings. The van der Waals surface area contributed by atoms with Crippen molar-refractivity contribution in [1.82, 2.24) is 0 Å². The van der Waals surface area contributed by atoms with Crippen LogP contribution in [0.4, 0.5) is 0 Å². The third kappa shape index (κ3) is 1.98. The Hall–Kier alpha value is -0.0900. The highest BCUT2D eigenvalue weighted by atomic mass is 32.2. The van der Waals surface area contributed by atoms with Crippen LogP contribution in [0.1, 0.15) is 40.5 Å². The van der Waals surface area contributed by atoms with Crippen LogP contribution >= 0.6 is 0 Å². The van der Waals surface area contributed by atoms with Crippen molar-refractivity contribution >= 4 is 10.1 Å². The van der Waals surface area contributed by atoms with Crippen LogP contribution in [0.3, 0.4) is 0 Å². The summed E-state index contributed by atoms with van der Waals surface area (Å²) in [6, 6.07) is 0. The standard InChI is InChI=1S/C8H16O3S/c1-7(2,3)11-12(9,10)8(4)5-6-8/h5-6H2,1-4H3. The van der Waals surface area contributed by atoms with E-state index in [2.05, 4.69) is 0 Å². The summed E-state index contributed by atoms with van der Waals surface area (Å²) in [7, 11) is -3.34. The molecule has 1 aliphatic carbocycles. The molecule has 0 unspecified atom stereocenters. The molecule has 1 aliphatic rings. The van der Waals surface area contributed by atoms with Crippen LogP contribution in [0, 0.1) is 0 Å². The average molecular weight is 192 g/mol. The fourth-order valence-corrected chi connectivity index (χ4v) is 2.32. The smallest absolute Gasteiger partial charge is 0.264 e. The van der Waals surface area contributed by atoms with Crippen molar-refractivity contribution in [1.29, 1.82) is 0 Å². The molecule has 0 N–H and O–H groups in total. The molecule has 0 spiro atoms. The van der Waals surface area contributed by atoms with Crippen molar-refractivity contribution in [3.63, 3.8) is 0 Å². The van der Waals surface area contributed by atoms with Crippen LogP contribution in [0.5, 0.6) is 0 Å². The van der Waals surface area contributed by atoms with E-state index in [4.69, 9.17) is 4.18 Å². The lowest BCUT2D eigenvalue weighted by Crippen LogP contribution is -2.31. The van der Waals surface area contributed by atoms with Crippen molar-refractivity contribution < 1.29 is 12.6 Å². The van der Waals surface area contributed by atoms with E-state index in [1.165, 1.54) is 0 Å². The maximum Gasteiger partial charge on any atom is 0.273 e. The van der Waals surface area contributed by atoms with Gasteiger partial charge in [-0.05, 0) is 40.5 Å². The third-order valence-electron chi connectivity index (χ3n) is 1.92. The van der Waals surface area contributed by atoms with Gasteiger partial charge < -0.3 is 0 Å². The molecule has 1 rings (SSSR count). The first-order valence-corrected chi connectivity index (χ1v) is 5.52. The molecular weight excluding hydrogens is 176 g/mol. The molecule has 3 nitrogen and oxygen atoms in total. The van der Waals surface area contributed by atoms with E-state index in [-0.39, 0.29) is 0 Å². The lowest BCUT2D eigenvalue weighted by Gasteiger charge is -2.21. The van der Waals surface area contributed by atoms with Crippen LogP contribution in [0.25, 0.3) is 0 Å². The predicted octanol–water partition coefficient (Wildman–Crippen LogP) is 1.68. The second kappa shape index (κ2) is 2.45. The zero-order valence-corrected chi connectivity index (χ0v) is 8.86. The maximum atomic E-state index is 11.5. The summed E-state index contributed by atoms with van der Waals surface area (Å²) in [6.07, 6.45) is 1.46. The molecule has 0 amide bonds. The lowest BCUT2D eigenvalue weighted by molar-refractivity contribution is 0.136. The summed E-state index contributed by atoms with van der Waals surface area (Å²) in [6.45, 7) is 6.97. The Morgan fingerprint density at radius 3 is 1.92 bits per heavy atom. The van der Waals surface area contributed by atoms with E-state index in [1.807, 2.05) is 0 Å². The maximum absolute atomic E-state index is 11.5. The summed E-state index contributed by atoms with van der Waals surface area (Å²) in [5.41, 5.74) is -0.607. The zero-order chi connectivity index (χ0) is 9.62. The minimum absolute atomic E-state index is 0.597. The second-order valence-electron chi connectivity index (χ2n) is 4.60. The molecule has 0 saturated heterocycles. The van der Waals surface area contributed by atoms with Gasteiger partial charge in [-0.15, -0.1) is 0 Å². The molecule has 72 valence electrons. The highest BCUT2D eigenvalue weighted by molar-refractivity contribution is 7.88. The third-order valence-corrected chi connectivity index (χ3v) is 4.25. The topological polar surface area (TPSA) is 43.4 Å². The highest BCUT2D eigenvalue weighted by Crippen LogP contribution is 2.44. The average Bonchev–Trinajstić information content (AvgIpc) is 2.40. The van der Waals surface area contributed by atoms with E-state index in [1.54, 1.807) is 27.7 Å². The van der Waals surface area contributed by atoms with Gasteiger partial charge in [-0.3, -0.25) is 4.18 Å². The predicted molar refractivity (Wildman–Crippen MR) is 47.4 cm³/mol. The van der Waals surface area contributed by atoms with Crippen LogP contribution in [-0.2, 0) is 14.3 Å². The van der Waals surface area contributed by atoms with Crippen LogP contribution < -0.4 is 0 Å². The largest absolute Gasteiger partial charge is 0.273 e. The Kier molecular flexibility index (Phi) is 2.04. The molecule has 1 fully saturated rings. The molecule has 0 aromatic heterocycles. The van der Waals surface area contributed by atoms with Crippen LogP contribution in [0.2, 0.25) is 0 Å². The Bertz CT molecular complexity index is 267. The molecule has 1 saturated carbocycles. The molecule has 0 radical (unpaired) electrons. The molecule has 0 atom stereocenters. The van der Waals surface area contributed by atoms with Gasteiger partial charge in [0.15, 0.2) is 0 Å². The Morgan fingerprint density at radius 2 is 1.67 bits per heavy atom. The fourth-order valence-electron chi connectivity index (χ4n) is 0.856. The molecular formula is C8H16O3S. The lowest BCUT2D eigenvalue weighted by atomic mass is 10.2. The van der Waals surface area contributed by atoms with Gasteiger partial charge in [0.05, 0.1) is 10.3 Å². The van der Waals surface area contributed by atoms with Crippen molar-refractivity contribution in [2.75, 3.05) is 0 Å². The Balaban J connectivity index is 2.75. The van der Waals surface area contributed by atoms with E-state index in [0.717, 1.165) is 12.8 Å². The van der Waals surface area contributed by atoms with Crippen LogP contribution in [-0.4, -0.2) is 18.8 Å². The Labute approximate surface area is 74.2 Å². The van der Waals surface area contributed by atoms with Crippen molar-refractivity contribution in [3.05, 3.63) is 0 Å². The normalized spacial score (nSPS) is 22.3. The molecule has 0 bridgehead atoms. The quantitative estimate of drug-likeness (QED) is 0.625. The van der Waals surface area contributed by atoms with Crippen LogP contribution in [0.15, 0.2) is 0 Å². The van der Waals surface area contributed by atoms with Gasteiger partial charge in [-0.1, -0.05) is 0 Å². The van der Waals surface area contributed by atoms with E-state index in [9.17, 15) is 8.42 Å². The van der Waals surface area contributed by atoms with Gasteiger partial charge in [0.1, 0.15) is 0 Å². The van der Waals surface area contributed by atoms with E-state index in [0.29, 0.717) is 0 Å². The minimum Gasteiger partial charge on any atom is -0.264 e. The summed E-state index contributed by atoms with van der Waals surface area (Å²) in [5, 5.41) is 0. The summed E-state index contributed by atoms with van der Waals surface area (Å²) < 4.78 is 27.4. The summed E-state index contributed by atoms with van der Waals surface area (Å²) in [5.74, 6) is 0. The SMILES string of the molecule is CC(C)(C)OS(=O)(=O)C1(C)CC1. The molecule has 4 heteroatoms. The van der Waals surface area contributed by atoms with Gasteiger partial charge in [0.2, 0.25) is 0 Å². The zero-order valence-electron chi connectivity index (χ0n) is 8.05. The van der Waals surface area contributed by atoms with Crippen molar-refractivity contribution in [3.8, 4) is 0 Å². The van der Waals surface area contributed by atoms with E-state index < -0.39 is 20.5 Å². The first-order chi connectivity index (χ1) is 5.16. The monoisotopic (exact) mass is 192 g/mol. The first-order valence-electron chi connectivity index (χ1n) is 4.12. The summed E-state index contributed by atoms with van der Waals surface area (Å²) >= 11 is 0. The first kappa shape index (κ1) is 9.99. The van der Waals surface area contributed by atoms with Gasteiger partial charge >= 0.3 is 0 Å². The molecule has 12 heavy (non-hydrogen) atoms. The Morgan fingerprint density at radius 1 is 1.25 bits per heavy atom. The van der Waals surface area contributed by atoms with E-state index >= 15 is 0 Å². The van der Waals surface area contributed by atoms with Gasteiger partial charge in [-0.25, -0.2) is 0 Å². The van der Waals surface area contributed by atoms with Gasteiger partial charge in [0, 0.05) is 0 Å². The molecule has 0 heterocycles. The minimum atomic E-state index is -3.34. The van der Waals surface area contributed by atoms with Crippen molar-refractivity contribution in [2.45, 2.75) is 50.9 Å². The summed E-state index contributed by atoms with van der Waals surface area (Å²) in [4.78, 5) is 0. The van der Waals surface area contributed by atoms with Gasteiger partial charge in [0.25, 0.3) is 10.1 Å². The molecule has 0 aromatic carbocycles. The number of hydrogen-bond donors (Lipinski definition) is 0. The second-order valence-corrected chi connectivity index (χ2v) is 6.66. The number of rotatable bonds is 2.